The maximum Gasteiger partial charge on any atom is 0.123 e. The highest BCUT2D eigenvalue weighted by Gasteiger charge is 2.23. The van der Waals surface area contributed by atoms with Crippen LogP contribution in [-0.2, 0) is 13.0 Å². The molecule has 1 unspecified atom stereocenters. The highest BCUT2D eigenvalue weighted by Crippen LogP contribution is 2.36. The van der Waals surface area contributed by atoms with Crippen LogP contribution in [0, 0.1) is 11.3 Å². The Labute approximate surface area is 125 Å². The summed E-state index contributed by atoms with van der Waals surface area (Å²) in [6, 6.07) is 16.4. The van der Waals surface area contributed by atoms with E-state index in [1.165, 1.54) is 11.1 Å². The van der Waals surface area contributed by atoms with Crippen LogP contribution in [0.25, 0.3) is 0 Å². The fourth-order valence-corrected chi connectivity index (χ4v) is 2.97. The van der Waals surface area contributed by atoms with Crippen LogP contribution in [0.1, 0.15) is 34.7 Å². The van der Waals surface area contributed by atoms with E-state index in [-0.39, 0.29) is 0 Å². The summed E-state index contributed by atoms with van der Waals surface area (Å²) in [5, 5.41) is 12.5. The van der Waals surface area contributed by atoms with E-state index in [1.54, 1.807) is 0 Å². The van der Waals surface area contributed by atoms with E-state index in [4.69, 9.17) is 10.00 Å². The second-order valence-electron chi connectivity index (χ2n) is 5.26. The molecular formula is C18H18N2O. The van der Waals surface area contributed by atoms with Gasteiger partial charge in [-0.25, -0.2) is 0 Å². The van der Waals surface area contributed by atoms with Gasteiger partial charge in [0.05, 0.1) is 11.6 Å². The lowest BCUT2D eigenvalue weighted by atomic mass is 10.1. The number of hydrogen-bond donors (Lipinski definition) is 1. The van der Waals surface area contributed by atoms with Crippen molar-refractivity contribution < 1.29 is 4.74 Å². The highest BCUT2D eigenvalue weighted by molar-refractivity contribution is 5.45. The zero-order valence-corrected chi connectivity index (χ0v) is 12.1. The van der Waals surface area contributed by atoms with E-state index in [9.17, 15) is 0 Å². The van der Waals surface area contributed by atoms with Gasteiger partial charge in [-0.2, -0.15) is 5.26 Å². The molecule has 0 bridgehead atoms. The first-order chi connectivity index (χ1) is 10.3. The van der Waals surface area contributed by atoms with Gasteiger partial charge in [0.2, 0.25) is 0 Å². The molecule has 21 heavy (non-hydrogen) atoms. The lowest BCUT2D eigenvalue weighted by Gasteiger charge is -2.13. The molecule has 3 heteroatoms. The van der Waals surface area contributed by atoms with Crippen molar-refractivity contribution in [1.82, 2.24) is 5.32 Å². The molecule has 2 aromatic carbocycles. The molecule has 1 aliphatic rings. The lowest BCUT2D eigenvalue weighted by Crippen LogP contribution is -2.12. The Balaban J connectivity index is 1.81. The van der Waals surface area contributed by atoms with Crippen LogP contribution in [0.3, 0.4) is 0 Å². The van der Waals surface area contributed by atoms with Crippen molar-refractivity contribution in [2.45, 2.75) is 25.5 Å². The highest BCUT2D eigenvalue weighted by atomic mass is 16.5. The zero-order chi connectivity index (χ0) is 14.7. The Kier molecular flexibility index (Phi) is 3.89. The summed E-state index contributed by atoms with van der Waals surface area (Å²) in [7, 11) is 2.00. The van der Waals surface area contributed by atoms with Crippen LogP contribution in [0.15, 0.2) is 42.5 Å². The van der Waals surface area contributed by atoms with Gasteiger partial charge in [0.25, 0.3) is 0 Å². The molecule has 0 saturated heterocycles. The predicted octanol–water partition coefficient (Wildman–Crippen LogP) is 3.34. The first-order valence-corrected chi connectivity index (χ1v) is 7.23. The third kappa shape index (κ3) is 2.63. The fraction of sp³-hybridized carbons (Fsp3) is 0.278. The molecular weight excluding hydrogens is 260 g/mol. The SMILES string of the molecule is CNC1CCc2c(OCc3ccccc3C#N)cccc21. The van der Waals surface area contributed by atoms with E-state index in [1.807, 2.05) is 43.4 Å². The third-order valence-electron chi connectivity index (χ3n) is 4.10. The van der Waals surface area contributed by atoms with Crippen molar-refractivity contribution in [3.05, 3.63) is 64.7 Å². The minimum absolute atomic E-state index is 0.426. The summed E-state index contributed by atoms with van der Waals surface area (Å²) in [6.45, 7) is 0.435. The molecule has 0 saturated carbocycles. The molecule has 1 aliphatic carbocycles. The van der Waals surface area contributed by atoms with Crippen LogP contribution in [0.5, 0.6) is 5.75 Å². The minimum Gasteiger partial charge on any atom is -0.489 e. The van der Waals surface area contributed by atoms with Crippen LogP contribution in [-0.4, -0.2) is 7.05 Å². The molecule has 2 aromatic rings. The molecule has 3 rings (SSSR count). The lowest BCUT2D eigenvalue weighted by molar-refractivity contribution is 0.303. The number of nitriles is 1. The minimum atomic E-state index is 0.426. The molecule has 0 radical (unpaired) electrons. The van der Waals surface area contributed by atoms with Crippen LogP contribution >= 0.6 is 0 Å². The number of benzene rings is 2. The number of hydrogen-bond acceptors (Lipinski definition) is 3. The Morgan fingerprint density at radius 3 is 2.90 bits per heavy atom. The maximum atomic E-state index is 9.12. The first kappa shape index (κ1) is 13.7. The number of fused-ring (bicyclic) bond motifs is 1. The molecule has 1 atom stereocenters. The van der Waals surface area contributed by atoms with Crippen LogP contribution in [0.4, 0.5) is 0 Å². The van der Waals surface area contributed by atoms with Gasteiger partial charge in [0.1, 0.15) is 12.4 Å². The second-order valence-corrected chi connectivity index (χ2v) is 5.26. The number of nitrogens with zero attached hydrogens (tertiary/aromatic N) is 1. The van der Waals surface area contributed by atoms with Crippen molar-refractivity contribution in [2.75, 3.05) is 7.05 Å². The van der Waals surface area contributed by atoms with Crippen molar-refractivity contribution in [3.8, 4) is 11.8 Å². The molecule has 1 N–H and O–H groups in total. The summed E-state index contributed by atoms with van der Waals surface area (Å²) < 4.78 is 5.99. The number of nitrogens with one attached hydrogen (secondary N) is 1. The molecule has 0 aromatic heterocycles. The quantitative estimate of drug-likeness (QED) is 0.933. The monoisotopic (exact) mass is 278 g/mol. The first-order valence-electron chi connectivity index (χ1n) is 7.23. The number of ether oxygens (including phenoxy) is 1. The Morgan fingerprint density at radius 2 is 2.10 bits per heavy atom. The average Bonchev–Trinajstić information content (AvgIpc) is 2.96. The summed E-state index contributed by atoms with van der Waals surface area (Å²) >= 11 is 0. The van der Waals surface area contributed by atoms with E-state index in [0.717, 1.165) is 24.2 Å². The van der Waals surface area contributed by atoms with Crippen molar-refractivity contribution >= 4 is 0 Å². The summed E-state index contributed by atoms with van der Waals surface area (Å²) in [4.78, 5) is 0. The van der Waals surface area contributed by atoms with Gasteiger partial charge in [-0.05, 0) is 43.1 Å². The van der Waals surface area contributed by atoms with Gasteiger partial charge < -0.3 is 10.1 Å². The van der Waals surface area contributed by atoms with Crippen molar-refractivity contribution in [2.24, 2.45) is 0 Å². The van der Waals surface area contributed by atoms with Gasteiger partial charge in [-0.1, -0.05) is 30.3 Å². The third-order valence-corrected chi connectivity index (χ3v) is 4.10. The topological polar surface area (TPSA) is 45.0 Å². The summed E-state index contributed by atoms with van der Waals surface area (Å²) in [6.07, 6.45) is 2.15. The van der Waals surface area contributed by atoms with Gasteiger partial charge in [0.15, 0.2) is 0 Å². The summed E-state index contributed by atoms with van der Waals surface area (Å²) in [5.74, 6) is 0.943. The molecule has 0 heterocycles. The van der Waals surface area contributed by atoms with Crippen LogP contribution < -0.4 is 10.1 Å². The smallest absolute Gasteiger partial charge is 0.123 e. The second kappa shape index (κ2) is 5.99. The molecule has 0 spiro atoms. The Morgan fingerprint density at radius 1 is 1.24 bits per heavy atom. The van der Waals surface area contributed by atoms with Gasteiger partial charge in [-0.15, -0.1) is 0 Å². The van der Waals surface area contributed by atoms with Gasteiger partial charge >= 0.3 is 0 Å². The van der Waals surface area contributed by atoms with E-state index in [2.05, 4.69) is 17.5 Å². The average molecular weight is 278 g/mol. The van der Waals surface area contributed by atoms with E-state index >= 15 is 0 Å². The van der Waals surface area contributed by atoms with Gasteiger partial charge in [-0.3, -0.25) is 0 Å². The molecule has 0 aliphatic heterocycles. The van der Waals surface area contributed by atoms with E-state index < -0.39 is 0 Å². The Hall–Kier alpha value is -2.31. The molecule has 3 nitrogen and oxygen atoms in total. The van der Waals surface area contributed by atoms with Crippen molar-refractivity contribution in [3.63, 3.8) is 0 Å². The standard InChI is InChI=1S/C18H18N2O/c1-20-17-10-9-16-15(17)7-4-8-18(16)21-12-14-6-3-2-5-13(14)11-19/h2-8,17,20H,9-10,12H2,1H3. The Bertz CT molecular complexity index is 688. The summed E-state index contributed by atoms with van der Waals surface area (Å²) in [5.41, 5.74) is 4.24. The maximum absolute atomic E-state index is 9.12. The molecule has 106 valence electrons. The largest absolute Gasteiger partial charge is 0.489 e. The molecule has 0 fully saturated rings. The van der Waals surface area contributed by atoms with Crippen molar-refractivity contribution in [1.29, 1.82) is 5.26 Å². The zero-order valence-electron chi connectivity index (χ0n) is 12.1. The predicted molar refractivity (Wildman–Crippen MR) is 82.1 cm³/mol. The van der Waals surface area contributed by atoms with E-state index in [0.29, 0.717) is 18.2 Å². The fourth-order valence-electron chi connectivity index (χ4n) is 2.97. The number of rotatable bonds is 4. The molecule has 0 amide bonds. The van der Waals surface area contributed by atoms with Gasteiger partial charge in [0, 0.05) is 11.6 Å². The normalized spacial score (nSPS) is 16.3. The van der Waals surface area contributed by atoms with Crippen LogP contribution in [0.2, 0.25) is 0 Å².